The first-order chi connectivity index (χ1) is 11.7. The zero-order valence-corrected chi connectivity index (χ0v) is 16.2. The van der Waals surface area contributed by atoms with Gasteiger partial charge in [-0.15, -0.1) is 0 Å². The summed E-state index contributed by atoms with van der Waals surface area (Å²) < 4.78 is -1.78. The van der Waals surface area contributed by atoms with Crippen molar-refractivity contribution in [3.05, 3.63) is 34.4 Å². The highest BCUT2D eigenvalue weighted by atomic mass is 35.6. The highest BCUT2D eigenvalue weighted by Gasteiger charge is 2.34. The standard InChI is InChI=1S/C16H22Cl3N3O3/c1-2-3-4-5-6-7-14(23)21-15(16(17,18)19)20-12-8-10-13(11-9-12)22(24)25/h8-11,15,20H,2-7H2,1H3,(H,21,23)/t15-/m1/s1. The molecular formula is C16H22Cl3N3O3. The lowest BCUT2D eigenvalue weighted by Gasteiger charge is -2.27. The number of nitro groups is 1. The summed E-state index contributed by atoms with van der Waals surface area (Å²) in [5.41, 5.74) is 0.442. The van der Waals surface area contributed by atoms with Crippen LogP contribution in [0.2, 0.25) is 0 Å². The Morgan fingerprint density at radius 1 is 1.16 bits per heavy atom. The Morgan fingerprint density at radius 2 is 1.76 bits per heavy atom. The predicted octanol–water partition coefficient (Wildman–Crippen LogP) is 5.18. The minimum atomic E-state index is -1.78. The van der Waals surface area contributed by atoms with Crippen LogP contribution in [0, 0.1) is 10.1 Å². The summed E-state index contributed by atoms with van der Waals surface area (Å²) in [5.74, 6) is -0.220. The van der Waals surface area contributed by atoms with Crippen molar-refractivity contribution in [2.24, 2.45) is 0 Å². The van der Waals surface area contributed by atoms with E-state index in [9.17, 15) is 14.9 Å². The first-order valence-corrected chi connectivity index (χ1v) is 9.24. The van der Waals surface area contributed by atoms with Gasteiger partial charge in [0.2, 0.25) is 9.70 Å². The van der Waals surface area contributed by atoms with Gasteiger partial charge in [-0.3, -0.25) is 14.9 Å². The van der Waals surface area contributed by atoms with Gasteiger partial charge in [0.15, 0.2) is 0 Å². The summed E-state index contributed by atoms with van der Waals surface area (Å²) in [6.45, 7) is 2.13. The summed E-state index contributed by atoms with van der Waals surface area (Å²) in [7, 11) is 0. The smallest absolute Gasteiger partial charge is 0.269 e. The number of carbonyl (C=O) groups excluding carboxylic acids is 1. The fourth-order valence-corrected chi connectivity index (χ4v) is 2.50. The van der Waals surface area contributed by atoms with Crippen LogP contribution in [0.3, 0.4) is 0 Å². The van der Waals surface area contributed by atoms with Crippen molar-refractivity contribution < 1.29 is 9.72 Å². The van der Waals surface area contributed by atoms with E-state index in [4.69, 9.17) is 34.8 Å². The van der Waals surface area contributed by atoms with Gasteiger partial charge in [0.25, 0.3) is 5.69 Å². The third kappa shape index (κ3) is 8.61. The third-order valence-corrected chi connectivity index (χ3v) is 4.18. The number of carbonyl (C=O) groups is 1. The fourth-order valence-electron chi connectivity index (χ4n) is 2.17. The van der Waals surface area contributed by atoms with E-state index >= 15 is 0 Å². The molecule has 1 aromatic carbocycles. The molecule has 140 valence electrons. The molecule has 9 heteroatoms. The summed E-state index contributed by atoms with van der Waals surface area (Å²) in [6, 6.07) is 5.62. The van der Waals surface area contributed by atoms with Crippen LogP contribution in [0.4, 0.5) is 11.4 Å². The molecule has 1 amide bonds. The van der Waals surface area contributed by atoms with Crippen molar-refractivity contribution in [2.45, 2.75) is 55.4 Å². The Morgan fingerprint density at radius 3 is 2.28 bits per heavy atom. The van der Waals surface area contributed by atoms with Crippen LogP contribution >= 0.6 is 34.8 Å². The van der Waals surface area contributed by atoms with E-state index in [0.29, 0.717) is 12.1 Å². The lowest BCUT2D eigenvalue weighted by atomic mass is 10.1. The fraction of sp³-hybridized carbons (Fsp3) is 0.562. The zero-order chi connectivity index (χ0) is 18.9. The van der Waals surface area contributed by atoms with E-state index in [2.05, 4.69) is 17.6 Å². The molecular weight excluding hydrogens is 389 g/mol. The highest BCUT2D eigenvalue weighted by molar-refractivity contribution is 6.68. The molecule has 0 bridgehead atoms. The molecule has 0 saturated heterocycles. The minimum Gasteiger partial charge on any atom is -0.362 e. The minimum absolute atomic E-state index is 0.0490. The molecule has 0 aliphatic carbocycles. The second kappa shape index (κ2) is 10.7. The number of halogens is 3. The number of hydrogen-bond donors (Lipinski definition) is 2. The van der Waals surface area contributed by atoms with E-state index < -0.39 is 14.9 Å². The molecule has 0 aromatic heterocycles. The second-order valence-corrected chi connectivity index (χ2v) is 8.02. The first kappa shape index (κ1) is 21.8. The van der Waals surface area contributed by atoms with Gasteiger partial charge in [-0.25, -0.2) is 0 Å². The van der Waals surface area contributed by atoms with Crippen molar-refractivity contribution >= 4 is 52.1 Å². The lowest BCUT2D eigenvalue weighted by molar-refractivity contribution is -0.384. The maximum Gasteiger partial charge on any atom is 0.269 e. The molecule has 0 fully saturated rings. The number of alkyl halides is 3. The number of nitrogens with one attached hydrogen (secondary N) is 2. The largest absolute Gasteiger partial charge is 0.362 e. The Balaban J connectivity index is 2.59. The Kier molecular flexibility index (Phi) is 9.32. The monoisotopic (exact) mass is 409 g/mol. The van der Waals surface area contributed by atoms with Crippen LogP contribution in [-0.4, -0.2) is 20.8 Å². The number of amides is 1. The van der Waals surface area contributed by atoms with Gasteiger partial charge in [-0.1, -0.05) is 67.4 Å². The molecule has 0 unspecified atom stereocenters. The number of anilines is 1. The van der Waals surface area contributed by atoms with E-state index in [-0.39, 0.29) is 11.6 Å². The average Bonchev–Trinajstić information content (AvgIpc) is 2.53. The summed E-state index contributed by atoms with van der Waals surface area (Å²) in [6.07, 6.45) is 4.54. The molecule has 1 rings (SSSR count). The van der Waals surface area contributed by atoms with Gasteiger partial charge in [-0.05, 0) is 18.6 Å². The SMILES string of the molecule is CCCCCCCC(=O)N[C@@H](Nc1ccc([N+](=O)[O-])cc1)C(Cl)(Cl)Cl. The van der Waals surface area contributed by atoms with Crippen LogP contribution in [0.15, 0.2) is 24.3 Å². The normalized spacial score (nSPS) is 12.5. The molecule has 0 spiro atoms. The maximum atomic E-state index is 12.1. The molecule has 0 radical (unpaired) electrons. The van der Waals surface area contributed by atoms with E-state index in [0.717, 1.165) is 32.1 Å². The summed E-state index contributed by atoms with van der Waals surface area (Å²) in [5, 5.41) is 16.2. The quantitative estimate of drug-likeness (QED) is 0.183. The number of nitro benzene ring substituents is 1. The van der Waals surface area contributed by atoms with E-state index in [1.54, 1.807) is 0 Å². The zero-order valence-electron chi connectivity index (χ0n) is 13.9. The molecule has 0 heterocycles. The van der Waals surface area contributed by atoms with E-state index in [1.165, 1.54) is 24.3 Å². The van der Waals surface area contributed by atoms with Gasteiger partial charge in [-0.2, -0.15) is 0 Å². The number of unbranched alkanes of at least 4 members (excludes halogenated alkanes) is 4. The van der Waals surface area contributed by atoms with Gasteiger partial charge >= 0.3 is 0 Å². The third-order valence-electron chi connectivity index (χ3n) is 3.53. The second-order valence-electron chi connectivity index (χ2n) is 5.65. The van der Waals surface area contributed by atoms with Gasteiger partial charge < -0.3 is 10.6 Å². The summed E-state index contributed by atoms with van der Waals surface area (Å²) in [4.78, 5) is 22.2. The topological polar surface area (TPSA) is 84.3 Å². The van der Waals surface area contributed by atoms with Crippen molar-refractivity contribution in [2.75, 3.05) is 5.32 Å². The Bertz CT molecular complexity index is 562. The number of benzene rings is 1. The van der Waals surface area contributed by atoms with Crippen molar-refractivity contribution in [3.63, 3.8) is 0 Å². The van der Waals surface area contributed by atoms with Crippen LogP contribution in [0.25, 0.3) is 0 Å². The lowest BCUT2D eigenvalue weighted by Crippen LogP contribution is -2.49. The molecule has 6 nitrogen and oxygen atoms in total. The molecule has 1 aromatic rings. The number of hydrogen-bond acceptors (Lipinski definition) is 4. The van der Waals surface area contributed by atoms with Crippen molar-refractivity contribution in [3.8, 4) is 0 Å². The molecule has 2 N–H and O–H groups in total. The molecule has 25 heavy (non-hydrogen) atoms. The van der Waals surface area contributed by atoms with Crippen LogP contribution in [0.1, 0.15) is 45.4 Å². The molecule has 0 aliphatic heterocycles. The number of nitrogens with zero attached hydrogens (tertiary/aromatic N) is 1. The Labute approximate surface area is 162 Å². The number of non-ortho nitro benzene ring substituents is 1. The van der Waals surface area contributed by atoms with Crippen LogP contribution in [0.5, 0.6) is 0 Å². The average molecular weight is 411 g/mol. The summed E-state index contributed by atoms with van der Waals surface area (Å²) >= 11 is 17.8. The van der Waals surface area contributed by atoms with Crippen LogP contribution < -0.4 is 10.6 Å². The highest BCUT2D eigenvalue weighted by Crippen LogP contribution is 2.31. The molecule has 0 aliphatic rings. The Hall–Kier alpha value is -1.24. The van der Waals surface area contributed by atoms with Crippen molar-refractivity contribution in [1.82, 2.24) is 5.32 Å². The molecule has 1 atom stereocenters. The van der Waals surface area contributed by atoms with Gasteiger partial charge in [0.05, 0.1) is 4.92 Å². The van der Waals surface area contributed by atoms with E-state index in [1.807, 2.05) is 0 Å². The van der Waals surface area contributed by atoms with Gasteiger partial charge in [0.1, 0.15) is 6.17 Å². The van der Waals surface area contributed by atoms with Crippen LogP contribution in [-0.2, 0) is 4.79 Å². The van der Waals surface area contributed by atoms with Crippen molar-refractivity contribution in [1.29, 1.82) is 0 Å². The first-order valence-electron chi connectivity index (χ1n) is 8.11. The maximum absolute atomic E-state index is 12.1. The predicted molar refractivity (Wildman–Crippen MR) is 102 cm³/mol. The van der Waals surface area contributed by atoms with Gasteiger partial charge in [0, 0.05) is 24.2 Å². The number of rotatable bonds is 10. The molecule has 0 saturated carbocycles.